The standard InChI is InChI=1S/C9H12N2OS/c1-7-8(2)13-9(12)11(7)6-4-3-5-10/h3-4,6H2,1-2H3. The molecule has 1 aromatic rings. The fourth-order valence-corrected chi connectivity index (χ4v) is 2.02. The van der Waals surface area contributed by atoms with Crippen LogP contribution in [0.2, 0.25) is 0 Å². The highest BCUT2D eigenvalue weighted by molar-refractivity contribution is 7.09. The molecule has 0 unspecified atom stereocenters. The second kappa shape index (κ2) is 4.24. The minimum Gasteiger partial charge on any atom is -0.303 e. The molecule has 13 heavy (non-hydrogen) atoms. The highest BCUT2D eigenvalue weighted by atomic mass is 32.1. The second-order valence-corrected chi connectivity index (χ2v) is 4.09. The van der Waals surface area contributed by atoms with Crippen molar-refractivity contribution < 1.29 is 0 Å². The number of thiazole rings is 1. The summed E-state index contributed by atoms with van der Waals surface area (Å²) in [6, 6.07) is 2.07. The lowest BCUT2D eigenvalue weighted by Gasteiger charge is -2.01. The number of hydrogen-bond acceptors (Lipinski definition) is 3. The van der Waals surface area contributed by atoms with Gasteiger partial charge in [0.1, 0.15) is 0 Å². The summed E-state index contributed by atoms with van der Waals surface area (Å²) in [5.41, 5.74) is 1.04. The molecule has 0 amide bonds. The van der Waals surface area contributed by atoms with E-state index in [2.05, 4.69) is 6.07 Å². The average Bonchev–Trinajstić information content (AvgIpc) is 2.32. The smallest absolute Gasteiger partial charge is 0.303 e. The predicted molar refractivity (Wildman–Crippen MR) is 52.9 cm³/mol. The first-order valence-corrected chi connectivity index (χ1v) is 5.02. The Balaban J connectivity index is 2.77. The maximum atomic E-state index is 11.4. The van der Waals surface area contributed by atoms with Gasteiger partial charge in [-0.2, -0.15) is 5.26 Å². The Kier molecular flexibility index (Phi) is 3.26. The molecule has 3 nitrogen and oxygen atoms in total. The van der Waals surface area contributed by atoms with Gasteiger partial charge in [0.05, 0.1) is 6.07 Å². The summed E-state index contributed by atoms with van der Waals surface area (Å²) in [6.07, 6.45) is 1.27. The number of unbranched alkanes of at least 4 members (excludes halogenated alkanes) is 1. The van der Waals surface area contributed by atoms with E-state index in [1.807, 2.05) is 13.8 Å². The third kappa shape index (κ3) is 2.19. The van der Waals surface area contributed by atoms with Crippen LogP contribution in [-0.2, 0) is 6.54 Å². The van der Waals surface area contributed by atoms with Crippen molar-refractivity contribution in [3.8, 4) is 6.07 Å². The van der Waals surface area contributed by atoms with Gasteiger partial charge >= 0.3 is 4.87 Å². The van der Waals surface area contributed by atoms with Gasteiger partial charge in [-0.05, 0) is 20.3 Å². The molecule has 0 radical (unpaired) electrons. The molecule has 0 aliphatic carbocycles. The number of nitriles is 1. The minimum atomic E-state index is 0.0907. The van der Waals surface area contributed by atoms with Gasteiger partial charge in [-0.1, -0.05) is 11.3 Å². The van der Waals surface area contributed by atoms with Gasteiger partial charge < -0.3 is 4.57 Å². The Hall–Kier alpha value is -1.08. The normalized spacial score (nSPS) is 9.92. The third-order valence-corrected chi connectivity index (χ3v) is 3.04. The Morgan fingerprint density at radius 2 is 2.23 bits per heavy atom. The molecule has 0 N–H and O–H groups in total. The van der Waals surface area contributed by atoms with Crippen LogP contribution < -0.4 is 4.87 Å². The van der Waals surface area contributed by atoms with Crippen LogP contribution in [0.3, 0.4) is 0 Å². The molecule has 0 saturated heterocycles. The van der Waals surface area contributed by atoms with Crippen LogP contribution >= 0.6 is 11.3 Å². The molecule has 0 spiro atoms. The molecule has 0 atom stereocenters. The van der Waals surface area contributed by atoms with Crippen LogP contribution in [0.15, 0.2) is 4.79 Å². The summed E-state index contributed by atoms with van der Waals surface area (Å²) in [5, 5.41) is 8.35. The Labute approximate surface area is 81.2 Å². The molecule has 0 aromatic carbocycles. The van der Waals surface area contributed by atoms with E-state index in [0.29, 0.717) is 13.0 Å². The summed E-state index contributed by atoms with van der Waals surface area (Å²) in [6.45, 7) is 4.56. The van der Waals surface area contributed by atoms with Gasteiger partial charge in [-0.15, -0.1) is 0 Å². The zero-order chi connectivity index (χ0) is 9.84. The topological polar surface area (TPSA) is 45.8 Å². The molecule has 0 bridgehead atoms. The first-order chi connectivity index (χ1) is 6.16. The highest BCUT2D eigenvalue weighted by Crippen LogP contribution is 2.09. The van der Waals surface area contributed by atoms with E-state index in [-0.39, 0.29) is 4.87 Å². The van der Waals surface area contributed by atoms with Crippen molar-refractivity contribution in [2.24, 2.45) is 0 Å². The molecule has 0 aliphatic heterocycles. The molecule has 0 saturated carbocycles. The van der Waals surface area contributed by atoms with Crippen LogP contribution in [0.5, 0.6) is 0 Å². The quantitative estimate of drug-likeness (QED) is 0.692. The van der Waals surface area contributed by atoms with Crippen molar-refractivity contribution in [1.82, 2.24) is 4.57 Å². The lowest BCUT2D eigenvalue weighted by atomic mass is 10.3. The predicted octanol–water partition coefficient (Wildman–Crippen LogP) is 1.83. The second-order valence-electron chi connectivity index (χ2n) is 2.92. The summed E-state index contributed by atoms with van der Waals surface area (Å²) < 4.78 is 1.75. The number of hydrogen-bond donors (Lipinski definition) is 0. The van der Waals surface area contributed by atoms with Crippen molar-refractivity contribution in [3.05, 3.63) is 20.2 Å². The van der Waals surface area contributed by atoms with Crippen molar-refractivity contribution in [2.75, 3.05) is 0 Å². The van der Waals surface area contributed by atoms with Gasteiger partial charge in [-0.3, -0.25) is 4.79 Å². The van der Waals surface area contributed by atoms with Crippen molar-refractivity contribution in [2.45, 2.75) is 33.2 Å². The summed E-state index contributed by atoms with van der Waals surface area (Å²) >= 11 is 1.28. The summed E-state index contributed by atoms with van der Waals surface area (Å²) in [7, 11) is 0. The number of rotatable bonds is 3. The molecule has 0 fully saturated rings. The molecule has 1 aromatic heterocycles. The van der Waals surface area contributed by atoms with Gasteiger partial charge in [0.2, 0.25) is 0 Å². The van der Waals surface area contributed by atoms with E-state index >= 15 is 0 Å². The minimum absolute atomic E-state index is 0.0907. The van der Waals surface area contributed by atoms with Gasteiger partial charge in [0, 0.05) is 23.5 Å². The van der Waals surface area contributed by atoms with E-state index in [1.54, 1.807) is 4.57 Å². The number of aromatic nitrogens is 1. The molecular weight excluding hydrogens is 184 g/mol. The van der Waals surface area contributed by atoms with E-state index < -0.39 is 0 Å². The van der Waals surface area contributed by atoms with Crippen LogP contribution in [0.25, 0.3) is 0 Å². The Morgan fingerprint density at radius 1 is 1.54 bits per heavy atom. The van der Waals surface area contributed by atoms with Crippen LogP contribution in [0.1, 0.15) is 23.4 Å². The number of nitrogens with zero attached hydrogens (tertiary/aromatic N) is 2. The molecule has 70 valence electrons. The van der Waals surface area contributed by atoms with E-state index in [4.69, 9.17) is 5.26 Å². The fraction of sp³-hybridized carbons (Fsp3) is 0.556. The van der Waals surface area contributed by atoms with Crippen LogP contribution in [-0.4, -0.2) is 4.57 Å². The summed E-state index contributed by atoms with van der Waals surface area (Å²) in [4.78, 5) is 12.5. The maximum Gasteiger partial charge on any atom is 0.307 e. The molecular formula is C9H12N2OS. The first-order valence-electron chi connectivity index (χ1n) is 4.20. The Bertz CT molecular complexity index is 383. The van der Waals surface area contributed by atoms with Crippen molar-refractivity contribution >= 4 is 11.3 Å². The summed E-state index contributed by atoms with van der Waals surface area (Å²) in [5.74, 6) is 0. The largest absolute Gasteiger partial charge is 0.307 e. The average molecular weight is 196 g/mol. The van der Waals surface area contributed by atoms with Gasteiger partial charge in [-0.25, -0.2) is 0 Å². The van der Waals surface area contributed by atoms with E-state index in [9.17, 15) is 4.79 Å². The third-order valence-electron chi connectivity index (χ3n) is 2.05. The fourth-order valence-electron chi connectivity index (χ4n) is 1.16. The Morgan fingerprint density at radius 3 is 2.69 bits per heavy atom. The zero-order valence-electron chi connectivity index (χ0n) is 7.83. The highest BCUT2D eigenvalue weighted by Gasteiger charge is 2.05. The molecule has 1 rings (SSSR count). The van der Waals surface area contributed by atoms with E-state index in [0.717, 1.165) is 17.0 Å². The van der Waals surface area contributed by atoms with Crippen molar-refractivity contribution in [3.63, 3.8) is 0 Å². The van der Waals surface area contributed by atoms with Gasteiger partial charge in [0.15, 0.2) is 0 Å². The lowest BCUT2D eigenvalue weighted by Crippen LogP contribution is -2.14. The first kappa shape index (κ1) is 10.0. The SMILES string of the molecule is Cc1sc(=O)n(CCCC#N)c1C. The van der Waals surface area contributed by atoms with E-state index in [1.165, 1.54) is 11.3 Å². The monoisotopic (exact) mass is 196 g/mol. The lowest BCUT2D eigenvalue weighted by molar-refractivity contribution is 0.628. The molecule has 1 heterocycles. The van der Waals surface area contributed by atoms with Crippen LogP contribution in [0, 0.1) is 25.2 Å². The number of aryl methyl sites for hydroxylation is 1. The van der Waals surface area contributed by atoms with Gasteiger partial charge in [0.25, 0.3) is 0 Å². The van der Waals surface area contributed by atoms with Crippen LogP contribution in [0.4, 0.5) is 0 Å². The zero-order valence-corrected chi connectivity index (χ0v) is 8.65. The maximum absolute atomic E-state index is 11.4. The molecule has 4 heteroatoms. The molecule has 0 aliphatic rings. The van der Waals surface area contributed by atoms with Crippen molar-refractivity contribution in [1.29, 1.82) is 5.26 Å².